The average Bonchev–Trinajstić information content (AvgIpc) is 2.64. The number of nitriles is 1. The fourth-order valence-corrected chi connectivity index (χ4v) is 2.17. The number of imidazole rings is 1. The Morgan fingerprint density at radius 1 is 1.50 bits per heavy atom. The van der Waals surface area contributed by atoms with Gasteiger partial charge in [-0.2, -0.15) is 5.26 Å². The van der Waals surface area contributed by atoms with Crippen molar-refractivity contribution in [2.45, 2.75) is 0 Å². The molecule has 0 aliphatic heterocycles. The van der Waals surface area contributed by atoms with Crippen LogP contribution in [0.15, 0.2) is 22.8 Å². The first-order valence-electron chi connectivity index (χ1n) is 5.04. The molecule has 4 nitrogen and oxygen atoms in total. The molecule has 0 bridgehead atoms. The molecule has 0 atom stereocenters. The zero-order valence-electron chi connectivity index (χ0n) is 9.74. The molecular weight excluding hydrogens is 301 g/mol. The van der Waals surface area contributed by atoms with E-state index in [1.54, 1.807) is 17.7 Å². The molecule has 2 rings (SSSR count). The van der Waals surface area contributed by atoms with Gasteiger partial charge in [-0.25, -0.2) is 9.37 Å². The summed E-state index contributed by atoms with van der Waals surface area (Å²) in [7, 11) is 3.11. The second kappa shape index (κ2) is 4.78. The van der Waals surface area contributed by atoms with Crippen molar-refractivity contribution in [3.63, 3.8) is 0 Å². The topological polar surface area (TPSA) is 50.8 Å². The van der Waals surface area contributed by atoms with Crippen LogP contribution in [0.4, 0.5) is 4.39 Å². The summed E-state index contributed by atoms with van der Waals surface area (Å²) in [6.45, 7) is 0. The van der Waals surface area contributed by atoms with Gasteiger partial charge >= 0.3 is 0 Å². The third-order valence-electron chi connectivity index (χ3n) is 2.57. The molecule has 0 unspecified atom stereocenters. The summed E-state index contributed by atoms with van der Waals surface area (Å²) in [4.78, 5) is 4.20. The lowest BCUT2D eigenvalue weighted by atomic mass is 10.2. The first kappa shape index (κ1) is 12.6. The summed E-state index contributed by atoms with van der Waals surface area (Å²) in [6.07, 6.45) is 0. The monoisotopic (exact) mass is 309 g/mol. The van der Waals surface area contributed by atoms with E-state index in [1.165, 1.54) is 19.2 Å². The van der Waals surface area contributed by atoms with Crippen LogP contribution in [0.5, 0.6) is 5.75 Å². The fraction of sp³-hybridized carbons (Fsp3) is 0.167. The van der Waals surface area contributed by atoms with Gasteiger partial charge in [0.05, 0.1) is 7.11 Å². The maximum atomic E-state index is 13.6. The normalized spacial score (nSPS) is 10.2. The van der Waals surface area contributed by atoms with E-state index in [-0.39, 0.29) is 5.75 Å². The van der Waals surface area contributed by atoms with Gasteiger partial charge in [0.15, 0.2) is 17.3 Å². The lowest BCUT2D eigenvalue weighted by Gasteiger charge is -2.05. The molecule has 0 saturated carbocycles. The lowest BCUT2D eigenvalue weighted by Crippen LogP contribution is -1.96. The molecule has 2 aromatic rings. The molecule has 0 aliphatic rings. The molecule has 92 valence electrons. The van der Waals surface area contributed by atoms with E-state index in [9.17, 15) is 4.39 Å². The molecule has 0 N–H and O–H groups in total. The second-order valence-electron chi connectivity index (χ2n) is 3.59. The number of hydrogen-bond donors (Lipinski definition) is 0. The Balaban J connectivity index is 2.57. The molecule has 0 spiro atoms. The van der Waals surface area contributed by atoms with E-state index in [0.717, 1.165) is 0 Å². The zero-order valence-corrected chi connectivity index (χ0v) is 11.3. The largest absolute Gasteiger partial charge is 0.494 e. The lowest BCUT2D eigenvalue weighted by molar-refractivity contribution is 0.386. The van der Waals surface area contributed by atoms with Gasteiger partial charge in [-0.1, -0.05) is 0 Å². The van der Waals surface area contributed by atoms with Gasteiger partial charge in [0.25, 0.3) is 0 Å². The number of ether oxygens (including phenoxy) is 1. The summed E-state index contributed by atoms with van der Waals surface area (Å²) in [5, 5.41) is 8.96. The van der Waals surface area contributed by atoms with Gasteiger partial charge in [-0.15, -0.1) is 0 Å². The SMILES string of the molecule is COc1ccc(-c2nc(Br)c(C#N)n2C)cc1F. The molecule has 1 aromatic carbocycles. The Labute approximate surface area is 112 Å². The van der Waals surface area contributed by atoms with E-state index < -0.39 is 5.82 Å². The first-order valence-corrected chi connectivity index (χ1v) is 5.84. The molecule has 1 aromatic heterocycles. The summed E-state index contributed by atoms with van der Waals surface area (Å²) in [6, 6.07) is 6.57. The predicted octanol–water partition coefficient (Wildman–Crippen LogP) is 2.87. The van der Waals surface area contributed by atoms with E-state index in [4.69, 9.17) is 10.00 Å². The van der Waals surface area contributed by atoms with Crippen LogP contribution in [0.1, 0.15) is 5.69 Å². The van der Waals surface area contributed by atoms with Crippen LogP contribution in [0.2, 0.25) is 0 Å². The summed E-state index contributed by atoms with van der Waals surface area (Å²) in [5.74, 6) is 0.222. The van der Waals surface area contributed by atoms with Gasteiger partial charge in [-0.3, -0.25) is 0 Å². The second-order valence-corrected chi connectivity index (χ2v) is 4.35. The first-order chi connectivity index (χ1) is 8.58. The standard InChI is InChI=1S/C12H9BrFN3O/c1-17-9(6-15)11(13)16-12(17)7-3-4-10(18-2)8(14)5-7/h3-5H,1-2H3. The van der Waals surface area contributed by atoms with E-state index in [0.29, 0.717) is 21.7 Å². The van der Waals surface area contributed by atoms with Gasteiger partial charge in [0.1, 0.15) is 16.5 Å². The van der Waals surface area contributed by atoms with Crippen LogP contribution in [0.3, 0.4) is 0 Å². The van der Waals surface area contributed by atoms with E-state index in [2.05, 4.69) is 20.9 Å². The van der Waals surface area contributed by atoms with Gasteiger partial charge in [0, 0.05) is 12.6 Å². The minimum absolute atomic E-state index is 0.174. The van der Waals surface area contributed by atoms with Crippen LogP contribution >= 0.6 is 15.9 Å². The highest BCUT2D eigenvalue weighted by molar-refractivity contribution is 9.10. The van der Waals surface area contributed by atoms with Crippen molar-refractivity contribution in [3.05, 3.63) is 34.3 Å². The molecule has 6 heteroatoms. The van der Waals surface area contributed by atoms with Crippen LogP contribution in [0.25, 0.3) is 11.4 Å². The number of benzene rings is 1. The molecule has 0 radical (unpaired) electrons. The summed E-state index contributed by atoms with van der Waals surface area (Å²) >= 11 is 3.20. The van der Waals surface area contributed by atoms with Crippen molar-refractivity contribution in [2.75, 3.05) is 7.11 Å². The molecule has 0 amide bonds. The highest BCUT2D eigenvalue weighted by Gasteiger charge is 2.15. The van der Waals surface area contributed by atoms with Gasteiger partial charge in [-0.05, 0) is 34.1 Å². The molecule has 0 saturated heterocycles. The Morgan fingerprint density at radius 3 is 2.72 bits per heavy atom. The highest BCUT2D eigenvalue weighted by Crippen LogP contribution is 2.27. The van der Waals surface area contributed by atoms with Crippen LogP contribution in [-0.2, 0) is 7.05 Å². The number of methoxy groups -OCH3 is 1. The Morgan fingerprint density at radius 2 is 2.22 bits per heavy atom. The Hall–Kier alpha value is -1.87. The maximum absolute atomic E-state index is 13.6. The van der Waals surface area contributed by atoms with Crippen molar-refractivity contribution < 1.29 is 9.13 Å². The minimum atomic E-state index is -0.465. The number of halogens is 2. The smallest absolute Gasteiger partial charge is 0.165 e. The number of hydrogen-bond acceptors (Lipinski definition) is 3. The van der Waals surface area contributed by atoms with Crippen molar-refractivity contribution in [3.8, 4) is 23.2 Å². The summed E-state index contributed by atoms with van der Waals surface area (Å²) < 4.78 is 20.5. The third kappa shape index (κ3) is 1.97. The summed E-state index contributed by atoms with van der Waals surface area (Å²) in [5.41, 5.74) is 0.972. The van der Waals surface area contributed by atoms with E-state index >= 15 is 0 Å². The van der Waals surface area contributed by atoms with Crippen molar-refractivity contribution in [2.24, 2.45) is 7.05 Å². The van der Waals surface area contributed by atoms with Crippen LogP contribution in [0, 0.1) is 17.1 Å². The molecule has 0 aliphatic carbocycles. The third-order valence-corrected chi connectivity index (χ3v) is 3.12. The predicted molar refractivity (Wildman–Crippen MR) is 67.6 cm³/mol. The Bertz CT molecular complexity index is 646. The van der Waals surface area contributed by atoms with Crippen molar-refractivity contribution in [1.82, 2.24) is 9.55 Å². The zero-order chi connectivity index (χ0) is 13.3. The van der Waals surface area contributed by atoms with Gasteiger partial charge < -0.3 is 9.30 Å². The average molecular weight is 310 g/mol. The molecule has 18 heavy (non-hydrogen) atoms. The van der Waals surface area contributed by atoms with Crippen molar-refractivity contribution in [1.29, 1.82) is 5.26 Å². The molecule has 0 fully saturated rings. The van der Waals surface area contributed by atoms with Gasteiger partial charge in [0.2, 0.25) is 0 Å². The quantitative estimate of drug-likeness (QED) is 0.857. The number of aromatic nitrogens is 2. The highest BCUT2D eigenvalue weighted by atomic mass is 79.9. The molecule has 1 heterocycles. The van der Waals surface area contributed by atoms with Crippen molar-refractivity contribution >= 4 is 15.9 Å². The fourth-order valence-electron chi connectivity index (χ4n) is 1.65. The van der Waals surface area contributed by atoms with Crippen LogP contribution in [-0.4, -0.2) is 16.7 Å². The minimum Gasteiger partial charge on any atom is -0.494 e. The molecular formula is C12H9BrFN3O. The Kier molecular flexibility index (Phi) is 3.34. The number of nitrogens with zero attached hydrogens (tertiary/aromatic N) is 3. The van der Waals surface area contributed by atoms with Crippen LogP contribution < -0.4 is 4.74 Å². The van der Waals surface area contributed by atoms with E-state index in [1.807, 2.05) is 6.07 Å². The number of rotatable bonds is 2. The maximum Gasteiger partial charge on any atom is 0.165 e.